The summed E-state index contributed by atoms with van der Waals surface area (Å²) in [5, 5.41) is 8.82. The Hall–Kier alpha value is -0.790. The molecule has 0 aromatic rings. The molecule has 0 aliphatic carbocycles. The molecule has 0 rings (SSSR count). The van der Waals surface area contributed by atoms with Crippen molar-refractivity contribution in [3.05, 3.63) is 11.6 Å². The molecule has 0 atom stereocenters. The number of rotatable bonds is 13. The Morgan fingerprint density at radius 1 is 0.905 bits per heavy atom. The lowest BCUT2D eigenvalue weighted by atomic mass is 9.80. The topological polar surface area (TPSA) is 37.3 Å². The van der Waals surface area contributed by atoms with Crippen molar-refractivity contribution in [1.29, 1.82) is 0 Å². The first kappa shape index (κ1) is 20.2. The van der Waals surface area contributed by atoms with E-state index in [0.717, 1.165) is 12.0 Å². The third kappa shape index (κ3) is 11.5. The number of unbranched alkanes of at least 4 members (excludes halogenated alkanes) is 9. The van der Waals surface area contributed by atoms with E-state index < -0.39 is 5.97 Å². The van der Waals surface area contributed by atoms with Crippen LogP contribution in [-0.4, -0.2) is 11.1 Å². The molecule has 124 valence electrons. The molecule has 0 amide bonds. The normalized spacial score (nSPS) is 12.7. The standard InChI is InChI=1S/C19H36O2/c1-5-6-7-8-9-10-11-12-13-14-15-19(3,4)17(2)16-18(20)21/h16H,5-15H2,1-4H3,(H,20,21). The van der Waals surface area contributed by atoms with Gasteiger partial charge in [-0.3, -0.25) is 0 Å². The number of carboxylic acids is 1. The monoisotopic (exact) mass is 296 g/mol. The molecule has 2 nitrogen and oxygen atoms in total. The number of carbonyl (C=O) groups is 1. The summed E-state index contributed by atoms with van der Waals surface area (Å²) in [6.45, 7) is 8.49. The highest BCUT2D eigenvalue weighted by atomic mass is 16.4. The van der Waals surface area contributed by atoms with Crippen LogP contribution in [0.3, 0.4) is 0 Å². The SMILES string of the molecule is CCCCCCCCCCCCC(C)(C)C(C)=CC(=O)O. The third-order valence-corrected chi connectivity index (χ3v) is 4.56. The third-order valence-electron chi connectivity index (χ3n) is 4.56. The Morgan fingerprint density at radius 2 is 1.33 bits per heavy atom. The number of hydrogen-bond donors (Lipinski definition) is 1. The van der Waals surface area contributed by atoms with Gasteiger partial charge in [-0.25, -0.2) is 4.79 Å². The molecule has 0 aromatic carbocycles. The molecule has 0 spiro atoms. The fourth-order valence-corrected chi connectivity index (χ4v) is 2.63. The van der Waals surface area contributed by atoms with Gasteiger partial charge >= 0.3 is 5.97 Å². The van der Waals surface area contributed by atoms with Gasteiger partial charge in [0, 0.05) is 6.08 Å². The van der Waals surface area contributed by atoms with Crippen LogP contribution in [0.25, 0.3) is 0 Å². The highest BCUT2D eigenvalue weighted by molar-refractivity contribution is 5.80. The van der Waals surface area contributed by atoms with Gasteiger partial charge in [0.25, 0.3) is 0 Å². The molecular weight excluding hydrogens is 260 g/mol. The summed E-state index contributed by atoms with van der Waals surface area (Å²) in [5.74, 6) is -0.830. The highest BCUT2D eigenvalue weighted by Gasteiger charge is 2.20. The van der Waals surface area contributed by atoms with Gasteiger partial charge in [0.2, 0.25) is 0 Å². The van der Waals surface area contributed by atoms with Gasteiger partial charge in [-0.05, 0) is 18.8 Å². The molecular formula is C19H36O2. The molecule has 0 fully saturated rings. The number of hydrogen-bond acceptors (Lipinski definition) is 1. The van der Waals surface area contributed by atoms with Crippen LogP contribution in [0.5, 0.6) is 0 Å². The van der Waals surface area contributed by atoms with E-state index in [9.17, 15) is 4.79 Å². The average molecular weight is 296 g/mol. The lowest BCUT2D eigenvalue weighted by Gasteiger charge is -2.25. The second kappa shape index (κ2) is 11.8. The average Bonchev–Trinajstić information content (AvgIpc) is 2.40. The first-order chi connectivity index (χ1) is 9.90. The van der Waals surface area contributed by atoms with Gasteiger partial charge in [-0.2, -0.15) is 0 Å². The maximum Gasteiger partial charge on any atom is 0.328 e. The molecule has 1 N–H and O–H groups in total. The van der Waals surface area contributed by atoms with Crippen molar-refractivity contribution in [2.75, 3.05) is 0 Å². The van der Waals surface area contributed by atoms with Crippen LogP contribution in [0, 0.1) is 5.41 Å². The summed E-state index contributed by atoms with van der Waals surface area (Å²) in [4.78, 5) is 10.7. The van der Waals surface area contributed by atoms with E-state index in [-0.39, 0.29) is 5.41 Å². The van der Waals surface area contributed by atoms with Gasteiger partial charge in [-0.15, -0.1) is 0 Å². The first-order valence-corrected chi connectivity index (χ1v) is 8.82. The van der Waals surface area contributed by atoms with Gasteiger partial charge in [0.15, 0.2) is 0 Å². The predicted molar refractivity (Wildman–Crippen MR) is 91.6 cm³/mol. The van der Waals surface area contributed by atoms with Crippen LogP contribution in [0.1, 0.15) is 98.3 Å². The van der Waals surface area contributed by atoms with Crippen LogP contribution in [0.4, 0.5) is 0 Å². The number of aliphatic carboxylic acids is 1. The van der Waals surface area contributed by atoms with Crippen molar-refractivity contribution in [2.45, 2.75) is 98.3 Å². The molecule has 0 aromatic heterocycles. The Morgan fingerprint density at radius 3 is 1.76 bits per heavy atom. The maximum atomic E-state index is 10.7. The van der Waals surface area contributed by atoms with E-state index in [2.05, 4.69) is 20.8 Å². The summed E-state index contributed by atoms with van der Waals surface area (Å²) in [5.41, 5.74) is 0.990. The molecule has 21 heavy (non-hydrogen) atoms. The molecule has 0 radical (unpaired) electrons. The summed E-state index contributed by atoms with van der Waals surface area (Å²) in [6.07, 6.45) is 15.9. The Bertz CT molecular complexity index is 303. The largest absolute Gasteiger partial charge is 0.478 e. The van der Waals surface area contributed by atoms with E-state index in [1.54, 1.807) is 0 Å². The Kier molecular flexibility index (Phi) is 11.4. The van der Waals surface area contributed by atoms with Crippen molar-refractivity contribution in [3.8, 4) is 0 Å². The lowest BCUT2D eigenvalue weighted by molar-refractivity contribution is -0.131. The van der Waals surface area contributed by atoms with E-state index >= 15 is 0 Å². The van der Waals surface area contributed by atoms with Crippen LogP contribution < -0.4 is 0 Å². The minimum atomic E-state index is -0.830. The summed E-state index contributed by atoms with van der Waals surface area (Å²) < 4.78 is 0. The minimum absolute atomic E-state index is 0.0124. The first-order valence-electron chi connectivity index (χ1n) is 8.82. The number of allylic oxidation sites excluding steroid dienone is 1. The fourth-order valence-electron chi connectivity index (χ4n) is 2.63. The van der Waals surface area contributed by atoms with Crippen LogP contribution in [0.15, 0.2) is 11.6 Å². The van der Waals surface area contributed by atoms with Crippen molar-refractivity contribution in [3.63, 3.8) is 0 Å². The fraction of sp³-hybridized carbons (Fsp3) is 0.842. The van der Waals surface area contributed by atoms with Gasteiger partial charge in [-0.1, -0.05) is 90.6 Å². The van der Waals surface area contributed by atoms with E-state index in [1.807, 2.05) is 6.92 Å². The quantitative estimate of drug-likeness (QED) is 0.317. The molecule has 0 heterocycles. The van der Waals surface area contributed by atoms with Crippen molar-refractivity contribution >= 4 is 5.97 Å². The zero-order valence-corrected chi connectivity index (χ0v) is 14.7. The molecule has 0 unspecified atom stereocenters. The summed E-state index contributed by atoms with van der Waals surface area (Å²) >= 11 is 0. The Balaban J connectivity index is 3.60. The molecule has 2 heteroatoms. The Labute approximate surface area is 132 Å². The van der Waals surface area contributed by atoms with Crippen molar-refractivity contribution in [2.24, 2.45) is 5.41 Å². The van der Waals surface area contributed by atoms with Crippen LogP contribution in [0.2, 0.25) is 0 Å². The van der Waals surface area contributed by atoms with Gasteiger partial charge in [0.1, 0.15) is 0 Å². The lowest BCUT2D eigenvalue weighted by Crippen LogP contribution is -2.14. The highest BCUT2D eigenvalue weighted by Crippen LogP contribution is 2.32. The predicted octanol–water partition coefficient (Wildman–Crippen LogP) is 6.35. The van der Waals surface area contributed by atoms with Crippen molar-refractivity contribution in [1.82, 2.24) is 0 Å². The molecule has 0 bridgehead atoms. The van der Waals surface area contributed by atoms with Gasteiger partial charge < -0.3 is 5.11 Å². The van der Waals surface area contributed by atoms with E-state index in [0.29, 0.717) is 0 Å². The van der Waals surface area contributed by atoms with Crippen LogP contribution >= 0.6 is 0 Å². The maximum absolute atomic E-state index is 10.7. The summed E-state index contributed by atoms with van der Waals surface area (Å²) in [7, 11) is 0. The second-order valence-corrected chi connectivity index (χ2v) is 6.98. The van der Waals surface area contributed by atoms with E-state index in [4.69, 9.17) is 5.11 Å². The van der Waals surface area contributed by atoms with E-state index in [1.165, 1.54) is 70.3 Å². The molecule has 0 saturated carbocycles. The molecule has 0 saturated heterocycles. The van der Waals surface area contributed by atoms with Crippen molar-refractivity contribution < 1.29 is 9.90 Å². The zero-order chi connectivity index (χ0) is 16.1. The second-order valence-electron chi connectivity index (χ2n) is 6.98. The molecule has 0 aliphatic heterocycles. The number of carboxylic acid groups (broad SMARTS) is 1. The van der Waals surface area contributed by atoms with Gasteiger partial charge in [0.05, 0.1) is 0 Å². The smallest absolute Gasteiger partial charge is 0.328 e. The minimum Gasteiger partial charge on any atom is -0.478 e. The summed E-state index contributed by atoms with van der Waals surface area (Å²) in [6, 6.07) is 0. The molecule has 0 aliphatic rings. The zero-order valence-electron chi connectivity index (χ0n) is 14.7. The van der Waals surface area contributed by atoms with Crippen LogP contribution in [-0.2, 0) is 4.79 Å².